The van der Waals surface area contributed by atoms with Gasteiger partial charge in [0.2, 0.25) is 0 Å². The van der Waals surface area contributed by atoms with Gasteiger partial charge in [0.1, 0.15) is 0 Å². The van der Waals surface area contributed by atoms with Crippen LogP contribution in [-0.2, 0) is 0 Å². The molecule has 56 valence electrons. The molecule has 1 nitrogen and oxygen atoms in total. The summed E-state index contributed by atoms with van der Waals surface area (Å²) in [6.07, 6.45) is 2.02. The summed E-state index contributed by atoms with van der Waals surface area (Å²) in [5.74, 6) is 0.678. The molecule has 0 aliphatic rings. The van der Waals surface area contributed by atoms with Crippen LogP contribution in [-0.4, -0.2) is 22.4 Å². The van der Waals surface area contributed by atoms with Gasteiger partial charge in [0.25, 0.3) is 0 Å². The van der Waals surface area contributed by atoms with Crippen molar-refractivity contribution in [2.45, 2.75) is 12.8 Å². The highest BCUT2D eigenvalue weighted by Crippen LogP contribution is 2.11. The van der Waals surface area contributed by atoms with Crippen LogP contribution < -0.4 is 0 Å². The number of aliphatic hydroxyl groups excluding tert-OH is 1. The van der Waals surface area contributed by atoms with Crippen LogP contribution in [0.3, 0.4) is 0 Å². The molecule has 0 spiro atoms. The summed E-state index contributed by atoms with van der Waals surface area (Å²) in [6.45, 7) is 0.316. The van der Waals surface area contributed by atoms with Crippen LogP contribution in [0.2, 0.25) is 0 Å². The van der Waals surface area contributed by atoms with Crippen LogP contribution in [0.4, 0.5) is 0 Å². The molecule has 0 rings (SSSR count). The summed E-state index contributed by atoms with van der Waals surface area (Å²) < 4.78 is 0. The molecular formula is C6H12Br2O. The van der Waals surface area contributed by atoms with Gasteiger partial charge in [-0.3, -0.25) is 0 Å². The highest BCUT2D eigenvalue weighted by atomic mass is 79.9. The first-order valence-electron chi connectivity index (χ1n) is 3.08. The molecule has 0 aliphatic heterocycles. The topological polar surface area (TPSA) is 20.2 Å². The van der Waals surface area contributed by atoms with Crippen LogP contribution in [0.1, 0.15) is 12.8 Å². The second-order valence-electron chi connectivity index (χ2n) is 2.04. The van der Waals surface area contributed by atoms with Crippen molar-refractivity contribution in [1.82, 2.24) is 0 Å². The van der Waals surface area contributed by atoms with Gasteiger partial charge in [-0.1, -0.05) is 31.9 Å². The Morgan fingerprint density at radius 1 is 1.22 bits per heavy atom. The summed E-state index contributed by atoms with van der Waals surface area (Å²) in [5.41, 5.74) is 0. The van der Waals surface area contributed by atoms with Crippen molar-refractivity contribution in [3.8, 4) is 0 Å². The molecule has 0 unspecified atom stereocenters. The van der Waals surface area contributed by atoms with Gasteiger partial charge in [0, 0.05) is 17.3 Å². The largest absolute Gasteiger partial charge is 0.396 e. The van der Waals surface area contributed by atoms with Crippen LogP contribution >= 0.6 is 31.9 Å². The van der Waals surface area contributed by atoms with E-state index in [2.05, 4.69) is 31.9 Å². The molecule has 3 heteroatoms. The number of hydrogen-bond donors (Lipinski definition) is 1. The van der Waals surface area contributed by atoms with E-state index in [0.717, 1.165) is 23.5 Å². The average molecular weight is 260 g/mol. The Kier molecular flexibility index (Phi) is 7.75. The minimum Gasteiger partial charge on any atom is -0.396 e. The van der Waals surface area contributed by atoms with E-state index >= 15 is 0 Å². The van der Waals surface area contributed by atoms with Crippen LogP contribution in [0.5, 0.6) is 0 Å². The molecule has 0 radical (unpaired) electrons. The summed E-state index contributed by atoms with van der Waals surface area (Å²) in [6, 6.07) is 0. The third kappa shape index (κ3) is 5.37. The predicted octanol–water partition coefficient (Wildman–Crippen LogP) is 2.16. The number of hydrogen-bond acceptors (Lipinski definition) is 1. The second-order valence-corrected chi connectivity index (χ2v) is 3.34. The minimum atomic E-state index is 0.316. The number of halogens is 2. The van der Waals surface area contributed by atoms with Crippen LogP contribution in [0.25, 0.3) is 0 Å². The highest BCUT2D eigenvalue weighted by Gasteiger charge is 2.02. The summed E-state index contributed by atoms with van der Waals surface area (Å²) in [5, 5.41) is 10.5. The molecule has 1 N–H and O–H groups in total. The molecule has 0 amide bonds. The monoisotopic (exact) mass is 258 g/mol. The van der Waals surface area contributed by atoms with Gasteiger partial charge in [-0.2, -0.15) is 0 Å². The summed E-state index contributed by atoms with van der Waals surface area (Å²) >= 11 is 6.79. The average Bonchev–Trinajstić information content (AvgIpc) is 1.91. The maximum Gasteiger partial charge on any atom is 0.0431 e. The molecule has 9 heavy (non-hydrogen) atoms. The number of aliphatic hydroxyl groups is 1. The minimum absolute atomic E-state index is 0.316. The van der Waals surface area contributed by atoms with E-state index in [1.807, 2.05) is 0 Å². The Bertz CT molecular complexity index is 55.0. The molecule has 0 fully saturated rings. The van der Waals surface area contributed by atoms with Gasteiger partial charge in [-0.25, -0.2) is 0 Å². The fourth-order valence-electron chi connectivity index (χ4n) is 0.576. The SMILES string of the molecule is OCCCC(CBr)CBr. The molecule has 0 bridgehead atoms. The lowest BCUT2D eigenvalue weighted by Crippen LogP contribution is -2.03. The van der Waals surface area contributed by atoms with Crippen molar-refractivity contribution in [1.29, 1.82) is 0 Å². The van der Waals surface area contributed by atoms with E-state index in [4.69, 9.17) is 5.11 Å². The van der Waals surface area contributed by atoms with Crippen molar-refractivity contribution < 1.29 is 5.11 Å². The third-order valence-electron chi connectivity index (χ3n) is 1.21. The maximum absolute atomic E-state index is 8.48. The van der Waals surface area contributed by atoms with E-state index < -0.39 is 0 Å². The fourth-order valence-corrected chi connectivity index (χ4v) is 2.30. The van der Waals surface area contributed by atoms with Crippen molar-refractivity contribution >= 4 is 31.9 Å². The molecule has 0 heterocycles. The van der Waals surface area contributed by atoms with E-state index in [-0.39, 0.29) is 0 Å². The number of rotatable bonds is 5. The predicted molar refractivity (Wildman–Crippen MR) is 47.4 cm³/mol. The third-order valence-corrected chi connectivity index (χ3v) is 3.04. The van der Waals surface area contributed by atoms with Crippen LogP contribution in [0, 0.1) is 5.92 Å². The van der Waals surface area contributed by atoms with E-state index in [0.29, 0.717) is 12.5 Å². The quantitative estimate of drug-likeness (QED) is 0.751. The first kappa shape index (κ1) is 9.92. The first-order chi connectivity index (χ1) is 4.35. The molecule has 0 aromatic heterocycles. The van der Waals surface area contributed by atoms with Gasteiger partial charge >= 0.3 is 0 Å². The molecule has 0 aromatic carbocycles. The molecule has 0 atom stereocenters. The summed E-state index contributed by atoms with van der Waals surface area (Å²) in [4.78, 5) is 0. The molecule has 0 aromatic rings. The van der Waals surface area contributed by atoms with Gasteiger partial charge < -0.3 is 5.11 Å². The Morgan fingerprint density at radius 3 is 2.11 bits per heavy atom. The van der Waals surface area contributed by atoms with Gasteiger partial charge in [0.15, 0.2) is 0 Å². The molecule has 0 saturated carbocycles. The summed E-state index contributed by atoms with van der Waals surface area (Å²) in [7, 11) is 0. The standard InChI is InChI=1S/C6H12Br2O/c7-4-6(5-8)2-1-3-9/h6,9H,1-5H2. The van der Waals surface area contributed by atoms with Crippen molar-refractivity contribution in [3.63, 3.8) is 0 Å². The zero-order valence-electron chi connectivity index (χ0n) is 5.32. The van der Waals surface area contributed by atoms with Gasteiger partial charge in [0.05, 0.1) is 0 Å². The Labute approximate surface area is 73.1 Å². The first-order valence-corrected chi connectivity index (χ1v) is 5.32. The molecule has 0 saturated heterocycles. The van der Waals surface area contributed by atoms with Crippen molar-refractivity contribution in [2.24, 2.45) is 5.92 Å². The number of alkyl halides is 2. The van der Waals surface area contributed by atoms with Gasteiger partial charge in [-0.05, 0) is 18.8 Å². The smallest absolute Gasteiger partial charge is 0.0431 e. The van der Waals surface area contributed by atoms with Crippen LogP contribution in [0.15, 0.2) is 0 Å². The normalized spacial score (nSPS) is 10.7. The Hall–Kier alpha value is 0.920. The van der Waals surface area contributed by atoms with E-state index in [1.54, 1.807) is 0 Å². The molecule has 0 aliphatic carbocycles. The Morgan fingerprint density at radius 2 is 1.78 bits per heavy atom. The highest BCUT2D eigenvalue weighted by molar-refractivity contribution is 9.09. The molecular weight excluding hydrogens is 248 g/mol. The Balaban J connectivity index is 3.09. The van der Waals surface area contributed by atoms with E-state index in [1.165, 1.54) is 0 Å². The zero-order chi connectivity index (χ0) is 7.11. The lowest BCUT2D eigenvalue weighted by atomic mass is 10.1. The van der Waals surface area contributed by atoms with E-state index in [9.17, 15) is 0 Å². The van der Waals surface area contributed by atoms with Gasteiger partial charge in [-0.15, -0.1) is 0 Å². The second kappa shape index (κ2) is 7.03. The lowest BCUT2D eigenvalue weighted by molar-refractivity contribution is 0.277. The van der Waals surface area contributed by atoms with Crippen molar-refractivity contribution in [3.05, 3.63) is 0 Å². The fraction of sp³-hybridized carbons (Fsp3) is 1.00. The zero-order valence-corrected chi connectivity index (χ0v) is 8.49. The van der Waals surface area contributed by atoms with Crippen molar-refractivity contribution in [2.75, 3.05) is 17.3 Å². The lowest BCUT2D eigenvalue weighted by Gasteiger charge is -2.07. The maximum atomic E-state index is 8.48.